The Balaban J connectivity index is 3.31. The molecule has 2 unspecified atom stereocenters. The SMILES string of the molecule is CCC(O)C(OC(N)=O)c1c(Cl)cccc1C(C)C. The number of hydrogen-bond acceptors (Lipinski definition) is 3. The molecule has 0 fully saturated rings. The Morgan fingerprint density at radius 2 is 2.11 bits per heavy atom. The summed E-state index contributed by atoms with van der Waals surface area (Å²) in [6, 6.07) is 5.45. The summed E-state index contributed by atoms with van der Waals surface area (Å²) in [4.78, 5) is 11.0. The summed E-state index contributed by atoms with van der Waals surface area (Å²) >= 11 is 6.21. The number of aliphatic hydroxyl groups is 1. The summed E-state index contributed by atoms with van der Waals surface area (Å²) in [6.07, 6.45) is -2.17. The Morgan fingerprint density at radius 3 is 2.58 bits per heavy atom. The number of rotatable bonds is 5. The molecule has 0 radical (unpaired) electrons. The van der Waals surface area contributed by atoms with Crippen molar-refractivity contribution < 1.29 is 14.6 Å². The third-order valence-electron chi connectivity index (χ3n) is 3.00. The summed E-state index contributed by atoms with van der Waals surface area (Å²) in [7, 11) is 0. The number of hydrogen-bond donors (Lipinski definition) is 2. The number of benzene rings is 1. The van der Waals surface area contributed by atoms with Gasteiger partial charge in [-0.3, -0.25) is 0 Å². The van der Waals surface area contributed by atoms with E-state index < -0.39 is 18.3 Å². The van der Waals surface area contributed by atoms with Crippen molar-refractivity contribution in [1.82, 2.24) is 0 Å². The van der Waals surface area contributed by atoms with E-state index in [0.29, 0.717) is 17.0 Å². The van der Waals surface area contributed by atoms with Crippen LogP contribution in [0.2, 0.25) is 5.02 Å². The third-order valence-corrected chi connectivity index (χ3v) is 3.33. The Kier molecular flexibility index (Phi) is 5.63. The van der Waals surface area contributed by atoms with Gasteiger partial charge in [-0.15, -0.1) is 0 Å². The van der Waals surface area contributed by atoms with E-state index in [4.69, 9.17) is 22.1 Å². The van der Waals surface area contributed by atoms with Crippen LogP contribution in [0.3, 0.4) is 0 Å². The van der Waals surface area contributed by atoms with Gasteiger partial charge in [-0.25, -0.2) is 4.79 Å². The smallest absolute Gasteiger partial charge is 0.405 e. The van der Waals surface area contributed by atoms with Gasteiger partial charge in [0, 0.05) is 10.6 Å². The number of carbonyl (C=O) groups excluding carboxylic acids is 1. The van der Waals surface area contributed by atoms with E-state index in [9.17, 15) is 9.90 Å². The second-order valence-electron chi connectivity index (χ2n) is 4.73. The Labute approximate surface area is 118 Å². The van der Waals surface area contributed by atoms with Crippen molar-refractivity contribution in [3.63, 3.8) is 0 Å². The lowest BCUT2D eigenvalue weighted by atomic mass is 9.91. The van der Waals surface area contributed by atoms with Crippen LogP contribution in [-0.4, -0.2) is 17.3 Å². The molecule has 0 saturated heterocycles. The highest BCUT2D eigenvalue weighted by Gasteiger charge is 2.28. The van der Waals surface area contributed by atoms with Gasteiger partial charge >= 0.3 is 6.09 Å². The first-order chi connectivity index (χ1) is 8.88. The number of nitrogens with two attached hydrogens (primary N) is 1. The average Bonchev–Trinajstić information content (AvgIpc) is 2.34. The van der Waals surface area contributed by atoms with Crippen LogP contribution < -0.4 is 5.73 Å². The normalized spacial score (nSPS) is 14.2. The van der Waals surface area contributed by atoms with E-state index in [1.165, 1.54) is 0 Å². The first kappa shape index (κ1) is 15.8. The van der Waals surface area contributed by atoms with Crippen molar-refractivity contribution in [2.24, 2.45) is 5.73 Å². The lowest BCUT2D eigenvalue weighted by Crippen LogP contribution is -2.27. The molecule has 5 heteroatoms. The van der Waals surface area contributed by atoms with Gasteiger partial charge in [-0.05, 0) is 24.0 Å². The molecule has 0 spiro atoms. The Hall–Kier alpha value is -1.26. The molecule has 2 atom stereocenters. The van der Waals surface area contributed by atoms with Gasteiger partial charge in [-0.2, -0.15) is 0 Å². The van der Waals surface area contributed by atoms with Gasteiger partial charge in [0.1, 0.15) is 0 Å². The van der Waals surface area contributed by atoms with Crippen LogP contribution in [0.15, 0.2) is 18.2 Å². The monoisotopic (exact) mass is 285 g/mol. The van der Waals surface area contributed by atoms with Gasteiger partial charge in [-0.1, -0.05) is 44.5 Å². The van der Waals surface area contributed by atoms with E-state index in [2.05, 4.69) is 0 Å². The predicted molar refractivity (Wildman–Crippen MR) is 75.2 cm³/mol. The van der Waals surface area contributed by atoms with Gasteiger partial charge < -0.3 is 15.6 Å². The molecule has 0 aliphatic heterocycles. The summed E-state index contributed by atoms with van der Waals surface area (Å²) < 4.78 is 5.07. The van der Waals surface area contributed by atoms with E-state index in [-0.39, 0.29) is 5.92 Å². The Bertz CT molecular complexity index is 448. The number of aliphatic hydroxyl groups excluding tert-OH is 1. The van der Waals surface area contributed by atoms with E-state index in [1.807, 2.05) is 26.0 Å². The molecule has 0 heterocycles. The average molecular weight is 286 g/mol. The summed E-state index contributed by atoms with van der Waals surface area (Å²) in [6.45, 7) is 5.82. The van der Waals surface area contributed by atoms with Crippen LogP contribution in [-0.2, 0) is 4.74 Å². The van der Waals surface area contributed by atoms with Crippen LogP contribution in [0, 0.1) is 0 Å². The fraction of sp³-hybridized carbons (Fsp3) is 0.500. The third kappa shape index (κ3) is 3.85. The molecular weight excluding hydrogens is 266 g/mol. The fourth-order valence-electron chi connectivity index (χ4n) is 2.03. The van der Waals surface area contributed by atoms with Gasteiger partial charge in [0.05, 0.1) is 6.10 Å². The lowest BCUT2D eigenvalue weighted by Gasteiger charge is -2.26. The number of carbonyl (C=O) groups is 1. The molecule has 0 bridgehead atoms. The van der Waals surface area contributed by atoms with E-state index >= 15 is 0 Å². The van der Waals surface area contributed by atoms with Crippen LogP contribution in [0.5, 0.6) is 0 Å². The minimum atomic E-state index is -0.924. The summed E-state index contributed by atoms with van der Waals surface area (Å²) in [5.41, 5.74) is 6.65. The maximum atomic E-state index is 11.0. The number of halogens is 1. The molecule has 1 aromatic rings. The zero-order chi connectivity index (χ0) is 14.6. The van der Waals surface area contributed by atoms with Crippen molar-refractivity contribution in [1.29, 1.82) is 0 Å². The molecular formula is C14H20ClNO3. The van der Waals surface area contributed by atoms with Crippen LogP contribution in [0.1, 0.15) is 50.3 Å². The molecule has 0 aromatic heterocycles. The van der Waals surface area contributed by atoms with Gasteiger partial charge in [0.25, 0.3) is 0 Å². The number of ether oxygens (including phenoxy) is 1. The zero-order valence-electron chi connectivity index (χ0n) is 11.4. The van der Waals surface area contributed by atoms with Crippen LogP contribution in [0.25, 0.3) is 0 Å². The highest BCUT2D eigenvalue weighted by Crippen LogP contribution is 2.35. The maximum absolute atomic E-state index is 11.0. The molecule has 4 nitrogen and oxygen atoms in total. The summed E-state index contributed by atoms with van der Waals surface area (Å²) in [5, 5.41) is 10.5. The van der Waals surface area contributed by atoms with E-state index in [0.717, 1.165) is 5.56 Å². The molecule has 0 saturated carbocycles. The number of primary amides is 1. The molecule has 106 valence electrons. The van der Waals surface area contributed by atoms with Crippen molar-refractivity contribution in [2.45, 2.75) is 45.3 Å². The molecule has 1 rings (SSSR count). The van der Waals surface area contributed by atoms with Crippen molar-refractivity contribution in [3.05, 3.63) is 34.3 Å². The predicted octanol–water partition coefficient (Wildman–Crippen LogP) is 3.37. The standard InChI is InChI=1S/C14H20ClNO3/c1-4-11(17)13(19-14(16)18)12-9(8(2)3)6-5-7-10(12)15/h5-8,11,13,17H,4H2,1-3H3,(H2,16,18). The van der Waals surface area contributed by atoms with Crippen molar-refractivity contribution in [2.75, 3.05) is 0 Å². The Morgan fingerprint density at radius 1 is 1.47 bits per heavy atom. The molecule has 0 aliphatic rings. The van der Waals surface area contributed by atoms with Gasteiger partial charge in [0.15, 0.2) is 6.10 Å². The minimum Gasteiger partial charge on any atom is -0.439 e. The lowest BCUT2D eigenvalue weighted by molar-refractivity contribution is 0.00286. The molecule has 19 heavy (non-hydrogen) atoms. The second-order valence-corrected chi connectivity index (χ2v) is 5.14. The maximum Gasteiger partial charge on any atom is 0.405 e. The molecule has 0 aliphatic carbocycles. The quantitative estimate of drug-likeness (QED) is 0.871. The molecule has 3 N–H and O–H groups in total. The van der Waals surface area contributed by atoms with E-state index in [1.54, 1.807) is 13.0 Å². The van der Waals surface area contributed by atoms with Crippen LogP contribution in [0.4, 0.5) is 4.79 Å². The highest BCUT2D eigenvalue weighted by molar-refractivity contribution is 6.31. The highest BCUT2D eigenvalue weighted by atomic mass is 35.5. The topological polar surface area (TPSA) is 72.6 Å². The minimum absolute atomic E-state index is 0.191. The first-order valence-corrected chi connectivity index (χ1v) is 6.68. The second kappa shape index (κ2) is 6.78. The van der Waals surface area contributed by atoms with Gasteiger partial charge in [0.2, 0.25) is 0 Å². The fourth-order valence-corrected chi connectivity index (χ4v) is 2.32. The first-order valence-electron chi connectivity index (χ1n) is 6.30. The largest absolute Gasteiger partial charge is 0.439 e. The summed E-state index contributed by atoms with van der Waals surface area (Å²) in [5.74, 6) is 0.191. The zero-order valence-corrected chi connectivity index (χ0v) is 12.1. The van der Waals surface area contributed by atoms with Crippen molar-refractivity contribution >= 4 is 17.7 Å². The van der Waals surface area contributed by atoms with Crippen LogP contribution >= 0.6 is 11.6 Å². The van der Waals surface area contributed by atoms with Crippen molar-refractivity contribution in [3.8, 4) is 0 Å². The molecule has 1 aromatic carbocycles. The molecule has 1 amide bonds. The number of amides is 1.